The standard InChI is InChI=1S/C19H25N3O3/c1-14(23)21-9-11-22(12-10-21)18(24)7-8-20-19(25)17-13-16(17)15-5-3-2-4-6-15/h2-6,16-17H,7-13H2,1H3,(H,20,25)/t16-,17-/m1/s1. The molecule has 1 aliphatic carbocycles. The number of carbonyl (C=O) groups excluding carboxylic acids is 3. The summed E-state index contributed by atoms with van der Waals surface area (Å²) < 4.78 is 0. The minimum absolute atomic E-state index is 0.0385. The highest BCUT2D eigenvalue weighted by Gasteiger charge is 2.43. The third-order valence-corrected chi connectivity index (χ3v) is 5.07. The van der Waals surface area contributed by atoms with Crippen molar-refractivity contribution in [3.05, 3.63) is 35.9 Å². The maximum atomic E-state index is 12.2. The average molecular weight is 343 g/mol. The van der Waals surface area contributed by atoms with Crippen molar-refractivity contribution in [2.45, 2.75) is 25.7 Å². The first-order valence-electron chi connectivity index (χ1n) is 8.92. The number of benzene rings is 1. The number of nitrogens with zero attached hydrogens (tertiary/aromatic N) is 2. The second-order valence-corrected chi connectivity index (χ2v) is 6.79. The molecular formula is C19H25N3O3. The van der Waals surface area contributed by atoms with Gasteiger partial charge in [-0.3, -0.25) is 14.4 Å². The van der Waals surface area contributed by atoms with E-state index in [0.717, 1.165) is 6.42 Å². The maximum Gasteiger partial charge on any atom is 0.224 e. The van der Waals surface area contributed by atoms with E-state index in [1.807, 2.05) is 18.2 Å². The smallest absolute Gasteiger partial charge is 0.224 e. The number of rotatable bonds is 5. The Morgan fingerprint density at radius 2 is 1.68 bits per heavy atom. The van der Waals surface area contributed by atoms with Crippen LogP contribution in [0.25, 0.3) is 0 Å². The van der Waals surface area contributed by atoms with Crippen LogP contribution >= 0.6 is 0 Å². The Bertz CT molecular complexity index is 639. The Hall–Kier alpha value is -2.37. The summed E-state index contributed by atoms with van der Waals surface area (Å²) in [5, 5.41) is 2.89. The van der Waals surface area contributed by atoms with Crippen molar-refractivity contribution in [1.29, 1.82) is 0 Å². The fourth-order valence-corrected chi connectivity index (χ4v) is 3.41. The largest absolute Gasteiger partial charge is 0.355 e. The van der Waals surface area contributed by atoms with E-state index < -0.39 is 0 Å². The van der Waals surface area contributed by atoms with E-state index in [-0.39, 0.29) is 23.6 Å². The third kappa shape index (κ3) is 4.38. The molecule has 1 aromatic carbocycles. The molecule has 2 atom stereocenters. The monoisotopic (exact) mass is 343 g/mol. The summed E-state index contributed by atoms with van der Waals surface area (Å²) >= 11 is 0. The minimum atomic E-state index is 0.0385. The second kappa shape index (κ2) is 7.68. The third-order valence-electron chi connectivity index (χ3n) is 5.07. The van der Waals surface area contributed by atoms with Crippen LogP contribution in [-0.4, -0.2) is 60.2 Å². The first-order chi connectivity index (χ1) is 12.1. The van der Waals surface area contributed by atoms with Crippen LogP contribution in [-0.2, 0) is 14.4 Å². The quantitative estimate of drug-likeness (QED) is 0.867. The van der Waals surface area contributed by atoms with Crippen LogP contribution in [0.1, 0.15) is 31.2 Å². The molecule has 1 heterocycles. The van der Waals surface area contributed by atoms with E-state index >= 15 is 0 Å². The molecule has 1 saturated carbocycles. The van der Waals surface area contributed by atoms with E-state index in [1.54, 1.807) is 16.7 Å². The van der Waals surface area contributed by atoms with Gasteiger partial charge in [-0.25, -0.2) is 0 Å². The molecule has 6 nitrogen and oxygen atoms in total. The zero-order valence-electron chi connectivity index (χ0n) is 14.6. The Kier molecular flexibility index (Phi) is 5.36. The van der Waals surface area contributed by atoms with Gasteiger partial charge in [0.2, 0.25) is 17.7 Å². The molecule has 3 amide bonds. The van der Waals surface area contributed by atoms with Crippen LogP contribution in [0, 0.1) is 5.92 Å². The summed E-state index contributed by atoms with van der Waals surface area (Å²) in [6.07, 6.45) is 1.20. The van der Waals surface area contributed by atoms with Gasteiger partial charge in [-0.15, -0.1) is 0 Å². The average Bonchev–Trinajstić information content (AvgIpc) is 3.43. The van der Waals surface area contributed by atoms with E-state index in [0.29, 0.717) is 45.1 Å². The molecule has 2 aliphatic rings. The molecule has 0 unspecified atom stereocenters. The molecule has 134 valence electrons. The molecule has 0 bridgehead atoms. The summed E-state index contributed by atoms with van der Waals surface area (Å²) in [5.41, 5.74) is 1.21. The van der Waals surface area contributed by atoms with E-state index in [2.05, 4.69) is 17.4 Å². The number of nitrogens with one attached hydrogen (secondary N) is 1. The van der Waals surface area contributed by atoms with Gasteiger partial charge in [0.25, 0.3) is 0 Å². The molecule has 1 aliphatic heterocycles. The predicted octanol–water partition coefficient (Wildman–Crippen LogP) is 0.987. The highest BCUT2D eigenvalue weighted by atomic mass is 16.2. The van der Waals surface area contributed by atoms with Crippen molar-refractivity contribution in [3.8, 4) is 0 Å². The highest BCUT2D eigenvalue weighted by Crippen LogP contribution is 2.47. The zero-order valence-corrected chi connectivity index (χ0v) is 14.6. The molecule has 1 aromatic rings. The lowest BCUT2D eigenvalue weighted by Crippen LogP contribution is -2.50. The lowest BCUT2D eigenvalue weighted by molar-refractivity contribution is -0.138. The molecule has 3 rings (SSSR count). The van der Waals surface area contributed by atoms with Crippen molar-refractivity contribution in [2.24, 2.45) is 5.92 Å². The molecular weight excluding hydrogens is 318 g/mol. The van der Waals surface area contributed by atoms with Gasteiger partial charge < -0.3 is 15.1 Å². The predicted molar refractivity (Wildman–Crippen MR) is 93.8 cm³/mol. The van der Waals surface area contributed by atoms with Crippen LogP contribution in [0.4, 0.5) is 0 Å². The van der Waals surface area contributed by atoms with Crippen molar-refractivity contribution in [2.75, 3.05) is 32.7 Å². The van der Waals surface area contributed by atoms with Crippen molar-refractivity contribution >= 4 is 17.7 Å². The first-order valence-corrected chi connectivity index (χ1v) is 8.92. The number of hydrogen-bond donors (Lipinski definition) is 1. The van der Waals surface area contributed by atoms with E-state index in [4.69, 9.17) is 0 Å². The number of amides is 3. The van der Waals surface area contributed by atoms with Crippen molar-refractivity contribution < 1.29 is 14.4 Å². The lowest BCUT2D eigenvalue weighted by atomic mass is 10.1. The fourth-order valence-electron chi connectivity index (χ4n) is 3.41. The molecule has 0 spiro atoms. The van der Waals surface area contributed by atoms with E-state index in [9.17, 15) is 14.4 Å². The maximum absolute atomic E-state index is 12.2. The number of hydrogen-bond acceptors (Lipinski definition) is 3. The zero-order chi connectivity index (χ0) is 17.8. The normalized spacial score (nSPS) is 22.4. The molecule has 0 radical (unpaired) electrons. The van der Waals surface area contributed by atoms with Gasteiger partial charge in [0.1, 0.15) is 0 Å². The van der Waals surface area contributed by atoms with Gasteiger partial charge in [0.05, 0.1) is 0 Å². The summed E-state index contributed by atoms with van der Waals surface area (Å²) in [6.45, 7) is 4.26. The highest BCUT2D eigenvalue weighted by molar-refractivity contribution is 5.84. The van der Waals surface area contributed by atoms with Crippen LogP contribution in [0.2, 0.25) is 0 Å². The molecule has 0 aromatic heterocycles. The summed E-state index contributed by atoms with van der Waals surface area (Å²) in [5.74, 6) is 0.492. The second-order valence-electron chi connectivity index (χ2n) is 6.79. The molecule has 6 heteroatoms. The van der Waals surface area contributed by atoms with Gasteiger partial charge in [0.15, 0.2) is 0 Å². The van der Waals surface area contributed by atoms with Gasteiger partial charge in [-0.1, -0.05) is 30.3 Å². The van der Waals surface area contributed by atoms with Crippen molar-refractivity contribution in [1.82, 2.24) is 15.1 Å². The topological polar surface area (TPSA) is 69.7 Å². The lowest BCUT2D eigenvalue weighted by Gasteiger charge is -2.34. The summed E-state index contributed by atoms with van der Waals surface area (Å²) in [6, 6.07) is 10.1. The van der Waals surface area contributed by atoms with Crippen LogP contribution in [0.15, 0.2) is 30.3 Å². The molecule has 25 heavy (non-hydrogen) atoms. The van der Waals surface area contributed by atoms with Crippen molar-refractivity contribution in [3.63, 3.8) is 0 Å². The Balaban J connectivity index is 1.35. The minimum Gasteiger partial charge on any atom is -0.355 e. The van der Waals surface area contributed by atoms with Gasteiger partial charge in [-0.05, 0) is 17.9 Å². The van der Waals surface area contributed by atoms with Crippen LogP contribution in [0.5, 0.6) is 0 Å². The first kappa shape index (κ1) is 17.5. The Morgan fingerprint density at radius 1 is 1.04 bits per heavy atom. The Labute approximate surface area is 148 Å². The number of piperazine rings is 1. The molecule has 1 saturated heterocycles. The number of carbonyl (C=O) groups is 3. The SMILES string of the molecule is CC(=O)N1CCN(C(=O)CCNC(=O)[C@@H]2C[C@@H]2c2ccccc2)CC1. The molecule has 1 N–H and O–H groups in total. The van der Waals surface area contributed by atoms with Gasteiger partial charge in [-0.2, -0.15) is 0 Å². The van der Waals surface area contributed by atoms with E-state index in [1.165, 1.54) is 5.56 Å². The summed E-state index contributed by atoms with van der Waals surface area (Å²) in [4.78, 5) is 39.2. The van der Waals surface area contributed by atoms with Gasteiger partial charge in [0, 0.05) is 52.0 Å². The Morgan fingerprint density at radius 3 is 2.32 bits per heavy atom. The molecule has 2 fully saturated rings. The van der Waals surface area contributed by atoms with Crippen LogP contribution < -0.4 is 5.32 Å². The van der Waals surface area contributed by atoms with Gasteiger partial charge >= 0.3 is 0 Å². The summed E-state index contributed by atoms with van der Waals surface area (Å²) in [7, 11) is 0. The van der Waals surface area contributed by atoms with Crippen LogP contribution in [0.3, 0.4) is 0 Å². The fraction of sp³-hybridized carbons (Fsp3) is 0.526.